The van der Waals surface area contributed by atoms with E-state index in [2.05, 4.69) is 10.6 Å². The number of hydrogen-bond acceptors (Lipinski definition) is 4. The van der Waals surface area contributed by atoms with Crippen molar-refractivity contribution in [3.63, 3.8) is 0 Å². The van der Waals surface area contributed by atoms with E-state index in [4.69, 9.17) is 5.14 Å². The summed E-state index contributed by atoms with van der Waals surface area (Å²) >= 11 is 0. The van der Waals surface area contributed by atoms with Crippen LogP contribution in [0.15, 0.2) is 29.2 Å². The molecule has 1 aromatic rings. The number of primary sulfonamides is 1. The minimum absolute atomic E-state index is 0.0880. The second kappa shape index (κ2) is 5.94. The summed E-state index contributed by atoms with van der Waals surface area (Å²) in [5, 5.41) is 10.5. The Kier molecular flexibility index (Phi) is 4.83. The van der Waals surface area contributed by atoms with Crippen molar-refractivity contribution in [2.75, 3.05) is 18.9 Å². The highest BCUT2D eigenvalue weighted by Gasteiger charge is 2.17. The first-order chi connectivity index (χ1) is 8.36. The fourth-order valence-electron chi connectivity index (χ4n) is 1.47. The van der Waals surface area contributed by atoms with Gasteiger partial charge >= 0.3 is 0 Å². The number of benzene rings is 1. The number of rotatable bonds is 5. The van der Waals surface area contributed by atoms with Crippen molar-refractivity contribution in [3.8, 4) is 0 Å². The summed E-state index contributed by atoms with van der Waals surface area (Å²) in [6.07, 6.45) is 0. The zero-order valence-corrected chi connectivity index (χ0v) is 11.1. The first-order valence-corrected chi connectivity index (χ1v) is 6.98. The molecule has 1 unspecified atom stereocenters. The third-order valence-corrected chi connectivity index (χ3v) is 3.38. The Labute approximate surface area is 107 Å². The molecule has 0 aliphatic heterocycles. The molecule has 0 fully saturated rings. The van der Waals surface area contributed by atoms with Crippen LogP contribution in [0.25, 0.3) is 0 Å². The van der Waals surface area contributed by atoms with Crippen LogP contribution in [0, 0.1) is 5.92 Å². The molecule has 1 aromatic carbocycles. The molecule has 1 atom stereocenters. The van der Waals surface area contributed by atoms with Crippen molar-refractivity contribution in [1.29, 1.82) is 0 Å². The van der Waals surface area contributed by atoms with E-state index in [9.17, 15) is 13.2 Å². The van der Waals surface area contributed by atoms with Crippen LogP contribution in [0.3, 0.4) is 0 Å². The Hall–Kier alpha value is -1.44. The summed E-state index contributed by atoms with van der Waals surface area (Å²) in [6.45, 7) is 2.24. The second-order valence-electron chi connectivity index (χ2n) is 3.99. The highest BCUT2D eigenvalue weighted by atomic mass is 32.2. The number of carbonyl (C=O) groups excluding carboxylic acids is 1. The number of nitrogens with one attached hydrogen (secondary N) is 2. The lowest BCUT2D eigenvalue weighted by Crippen LogP contribution is -2.29. The van der Waals surface area contributed by atoms with E-state index < -0.39 is 10.0 Å². The van der Waals surface area contributed by atoms with E-state index in [1.807, 2.05) is 0 Å². The molecule has 7 heteroatoms. The predicted molar refractivity (Wildman–Crippen MR) is 69.5 cm³/mol. The van der Waals surface area contributed by atoms with Crippen LogP contribution >= 0.6 is 0 Å². The molecule has 4 N–H and O–H groups in total. The van der Waals surface area contributed by atoms with Crippen molar-refractivity contribution in [3.05, 3.63) is 24.3 Å². The van der Waals surface area contributed by atoms with E-state index in [0.29, 0.717) is 6.54 Å². The van der Waals surface area contributed by atoms with E-state index in [-0.39, 0.29) is 22.4 Å². The van der Waals surface area contributed by atoms with Crippen LogP contribution in [0.4, 0.5) is 5.69 Å². The predicted octanol–water partition coefficient (Wildman–Crippen LogP) is 0.128. The SMILES string of the molecule is CNCC(C)C(=O)Nc1ccccc1S(N)(=O)=O. The molecular formula is C11H17N3O3S. The van der Waals surface area contributed by atoms with Crippen LogP contribution in [-0.4, -0.2) is 27.9 Å². The van der Waals surface area contributed by atoms with Gasteiger partial charge in [0.1, 0.15) is 4.90 Å². The molecule has 6 nitrogen and oxygen atoms in total. The van der Waals surface area contributed by atoms with Crippen LogP contribution in [0.2, 0.25) is 0 Å². The number of nitrogens with two attached hydrogens (primary N) is 1. The molecule has 0 aromatic heterocycles. The maximum Gasteiger partial charge on any atom is 0.240 e. The molecule has 0 bridgehead atoms. The molecular weight excluding hydrogens is 254 g/mol. The standard InChI is InChI=1S/C11H17N3O3S/c1-8(7-13-2)11(15)14-9-5-3-4-6-10(9)18(12,16)17/h3-6,8,13H,7H2,1-2H3,(H,14,15)(H2,12,16,17). The number of para-hydroxylation sites is 1. The fourth-order valence-corrected chi connectivity index (χ4v) is 2.17. The highest BCUT2D eigenvalue weighted by molar-refractivity contribution is 7.89. The van der Waals surface area contributed by atoms with Crippen molar-refractivity contribution in [1.82, 2.24) is 5.32 Å². The van der Waals surface area contributed by atoms with Crippen LogP contribution in [0.1, 0.15) is 6.92 Å². The lowest BCUT2D eigenvalue weighted by atomic mass is 10.1. The van der Waals surface area contributed by atoms with Crippen molar-refractivity contribution >= 4 is 21.6 Å². The first-order valence-electron chi connectivity index (χ1n) is 5.43. The third-order valence-electron chi connectivity index (χ3n) is 2.41. The van der Waals surface area contributed by atoms with Crippen molar-refractivity contribution < 1.29 is 13.2 Å². The maximum absolute atomic E-state index is 11.8. The van der Waals surface area contributed by atoms with Gasteiger partial charge in [-0.2, -0.15) is 0 Å². The van der Waals surface area contributed by atoms with Gasteiger partial charge < -0.3 is 10.6 Å². The van der Waals surface area contributed by atoms with Gasteiger partial charge in [0, 0.05) is 12.5 Å². The van der Waals surface area contributed by atoms with Gasteiger partial charge in [0.05, 0.1) is 5.69 Å². The number of amides is 1. The second-order valence-corrected chi connectivity index (χ2v) is 5.52. The highest BCUT2D eigenvalue weighted by Crippen LogP contribution is 2.19. The van der Waals surface area contributed by atoms with E-state index in [1.165, 1.54) is 12.1 Å². The summed E-state index contributed by atoms with van der Waals surface area (Å²) in [4.78, 5) is 11.7. The lowest BCUT2D eigenvalue weighted by Gasteiger charge is -2.13. The number of sulfonamides is 1. The zero-order chi connectivity index (χ0) is 13.8. The normalized spacial score (nSPS) is 13.1. The summed E-state index contributed by atoms with van der Waals surface area (Å²) in [5.41, 5.74) is 0.202. The van der Waals surface area contributed by atoms with Gasteiger partial charge in [-0.1, -0.05) is 19.1 Å². The molecule has 0 aliphatic rings. The van der Waals surface area contributed by atoms with Gasteiger partial charge in [-0.3, -0.25) is 4.79 Å². The molecule has 0 spiro atoms. The van der Waals surface area contributed by atoms with Gasteiger partial charge in [-0.05, 0) is 19.2 Å². The van der Waals surface area contributed by atoms with Crippen LogP contribution in [-0.2, 0) is 14.8 Å². The summed E-state index contributed by atoms with van der Waals surface area (Å²) in [5.74, 6) is -0.538. The van der Waals surface area contributed by atoms with E-state index >= 15 is 0 Å². The van der Waals surface area contributed by atoms with Crippen LogP contribution in [0.5, 0.6) is 0 Å². The van der Waals surface area contributed by atoms with Gasteiger partial charge in [0.15, 0.2) is 0 Å². The monoisotopic (exact) mass is 271 g/mol. The van der Waals surface area contributed by atoms with Gasteiger partial charge in [0.25, 0.3) is 0 Å². The fraction of sp³-hybridized carbons (Fsp3) is 0.364. The minimum atomic E-state index is -3.85. The smallest absolute Gasteiger partial charge is 0.240 e. The summed E-state index contributed by atoms with van der Waals surface area (Å²) < 4.78 is 22.7. The summed E-state index contributed by atoms with van der Waals surface area (Å²) in [6, 6.07) is 6.04. The summed E-state index contributed by atoms with van der Waals surface area (Å²) in [7, 11) is -2.11. The van der Waals surface area contributed by atoms with Crippen LogP contribution < -0.4 is 15.8 Å². The Bertz CT molecular complexity index is 528. The Morgan fingerprint density at radius 3 is 2.56 bits per heavy atom. The minimum Gasteiger partial charge on any atom is -0.325 e. The van der Waals surface area contributed by atoms with Gasteiger partial charge in [0.2, 0.25) is 15.9 Å². The molecule has 1 amide bonds. The molecule has 0 heterocycles. The number of hydrogen-bond donors (Lipinski definition) is 3. The molecule has 0 saturated carbocycles. The zero-order valence-electron chi connectivity index (χ0n) is 10.3. The van der Waals surface area contributed by atoms with Crippen molar-refractivity contribution in [2.45, 2.75) is 11.8 Å². The van der Waals surface area contributed by atoms with E-state index in [1.54, 1.807) is 26.1 Å². The largest absolute Gasteiger partial charge is 0.325 e. The first kappa shape index (κ1) is 14.6. The quantitative estimate of drug-likeness (QED) is 0.708. The molecule has 0 radical (unpaired) electrons. The Morgan fingerprint density at radius 2 is 2.00 bits per heavy atom. The average molecular weight is 271 g/mol. The molecule has 100 valence electrons. The molecule has 0 saturated heterocycles. The van der Waals surface area contributed by atoms with Gasteiger partial charge in [-0.15, -0.1) is 0 Å². The maximum atomic E-state index is 11.8. The number of anilines is 1. The average Bonchev–Trinajstić information content (AvgIpc) is 2.28. The van der Waals surface area contributed by atoms with E-state index in [0.717, 1.165) is 0 Å². The van der Waals surface area contributed by atoms with Crippen molar-refractivity contribution in [2.24, 2.45) is 11.1 Å². The third kappa shape index (κ3) is 3.80. The van der Waals surface area contributed by atoms with Gasteiger partial charge in [-0.25, -0.2) is 13.6 Å². The number of carbonyl (C=O) groups is 1. The molecule has 0 aliphatic carbocycles. The molecule has 1 rings (SSSR count). The topological polar surface area (TPSA) is 101 Å². The Balaban J connectivity index is 2.95. The molecule has 18 heavy (non-hydrogen) atoms. The Morgan fingerprint density at radius 1 is 1.39 bits per heavy atom. The lowest BCUT2D eigenvalue weighted by molar-refractivity contribution is -0.119.